The van der Waals surface area contributed by atoms with E-state index in [1.54, 1.807) is 18.2 Å². The fourth-order valence-corrected chi connectivity index (χ4v) is 2.59. The Morgan fingerprint density at radius 2 is 2.15 bits per heavy atom. The molecule has 0 radical (unpaired) electrons. The highest BCUT2D eigenvalue weighted by Gasteiger charge is 2.34. The smallest absolute Gasteiger partial charge is 0.319 e. The summed E-state index contributed by atoms with van der Waals surface area (Å²) >= 11 is 6.14. The van der Waals surface area contributed by atoms with Gasteiger partial charge in [-0.3, -0.25) is 0 Å². The summed E-state index contributed by atoms with van der Waals surface area (Å²) in [5.74, 6) is 0. The molecule has 1 fully saturated rings. The number of nitrogens with one attached hydrogen (secondary N) is 2. The van der Waals surface area contributed by atoms with Crippen LogP contribution in [0.5, 0.6) is 0 Å². The van der Waals surface area contributed by atoms with Crippen LogP contribution >= 0.6 is 11.6 Å². The first-order chi connectivity index (χ1) is 9.41. The number of nitrogens with zero attached hydrogens (tertiary/aromatic N) is 1. The molecule has 0 atom stereocenters. The second-order valence-corrected chi connectivity index (χ2v) is 5.82. The predicted octanol–water partition coefficient (Wildman–Crippen LogP) is 2.44. The van der Waals surface area contributed by atoms with Crippen LogP contribution in [-0.4, -0.2) is 37.4 Å². The molecule has 2 rings (SSSR count). The number of halogens is 1. The Kier molecular flexibility index (Phi) is 4.40. The van der Waals surface area contributed by atoms with Crippen molar-refractivity contribution in [2.75, 3.05) is 30.9 Å². The second kappa shape index (κ2) is 5.89. The number of para-hydroxylation sites is 1. The highest BCUT2D eigenvalue weighted by atomic mass is 35.5. The van der Waals surface area contributed by atoms with Gasteiger partial charge in [0.05, 0.1) is 22.0 Å². The molecule has 0 aromatic heterocycles. The maximum atomic E-state index is 11.9. The van der Waals surface area contributed by atoms with E-state index in [-0.39, 0.29) is 12.6 Å². The van der Waals surface area contributed by atoms with Crippen molar-refractivity contribution in [2.24, 2.45) is 0 Å². The highest BCUT2D eigenvalue weighted by molar-refractivity contribution is 6.34. The van der Waals surface area contributed by atoms with E-state index in [4.69, 9.17) is 11.6 Å². The van der Waals surface area contributed by atoms with Gasteiger partial charge in [-0.2, -0.15) is 0 Å². The number of urea groups is 1. The zero-order valence-electron chi connectivity index (χ0n) is 11.7. The standard InChI is InChI=1S/C14H20ClN3O2/c1-18(2)12-10(15)5-3-6-11(12)17-13(19)16-9-14(20)7-4-8-14/h3,5-6,20H,4,7-9H2,1-2H3,(H2,16,17,19). The van der Waals surface area contributed by atoms with Gasteiger partial charge in [-0.05, 0) is 31.4 Å². The second-order valence-electron chi connectivity index (χ2n) is 5.42. The van der Waals surface area contributed by atoms with E-state index in [1.807, 2.05) is 19.0 Å². The van der Waals surface area contributed by atoms with Crippen molar-refractivity contribution in [1.29, 1.82) is 0 Å². The van der Waals surface area contributed by atoms with E-state index in [2.05, 4.69) is 10.6 Å². The van der Waals surface area contributed by atoms with Crippen molar-refractivity contribution >= 4 is 29.0 Å². The van der Waals surface area contributed by atoms with Crippen LogP contribution < -0.4 is 15.5 Å². The van der Waals surface area contributed by atoms with Crippen LogP contribution in [0, 0.1) is 0 Å². The largest absolute Gasteiger partial charge is 0.388 e. The van der Waals surface area contributed by atoms with Gasteiger partial charge in [0.25, 0.3) is 0 Å². The minimum atomic E-state index is -0.726. The summed E-state index contributed by atoms with van der Waals surface area (Å²) in [5, 5.41) is 16.0. The van der Waals surface area contributed by atoms with Crippen molar-refractivity contribution in [3.05, 3.63) is 23.2 Å². The summed E-state index contributed by atoms with van der Waals surface area (Å²) in [5.41, 5.74) is 0.669. The normalized spacial score (nSPS) is 16.2. The van der Waals surface area contributed by atoms with Gasteiger partial charge in [0.1, 0.15) is 0 Å². The molecule has 3 N–H and O–H groups in total. The van der Waals surface area contributed by atoms with Crippen molar-refractivity contribution in [1.82, 2.24) is 5.32 Å². The number of anilines is 2. The van der Waals surface area contributed by atoms with Crippen molar-refractivity contribution in [3.8, 4) is 0 Å². The Balaban J connectivity index is 1.99. The fourth-order valence-electron chi connectivity index (χ4n) is 2.24. The lowest BCUT2D eigenvalue weighted by atomic mass is 9.80. The first-order valence-electron chi connectivity index (χ1n) is 6.64. The van der Waals surface area contributed by atoms with Crippen molar-refractivity contribution in [2.45, 2.75) is 24.9 Å². The number of carbonyl (C=O) groups excluding carboxylic acids is 1. The van der Waals surface area contributed by atoms with E-state index in [0.29, 0.717) is 10.7 Å². The predicted molar refractivity (Wildman–Crippen MR) is 81.6 cm³/mol. The molecule has 1 aliphatic rings. The Morgan fingerprint density at radius 3 is 2.70 bits per heavy atom. The first-order valence-corrected chi connectivity index (χ1v) is 7.02. The zero-order chi connectivity index (χ0) is 14.8. The van der Waals surface area contributed by atoms with E-state index < -0.39 is 5.60 Å². The Bertz CT molecular complexity index is 501. The summed E-state index contributed by atoms with van der Waals surface area (Å²) in [6, 6.07) is 5.01. The number of aliphatic hydroxyl groups is 1. The number of hydrogen-bond donors (Lipinski definition) is 3. The number of benzene rings is 1. The molecule has 1 aromatic rings. The highest BCUT2D eigenvalue weighted by Crippen LogP contribution is 2.33. The van der Waals surface area contributed by atoms with Crippen LogP contribution in [0.2, 0.25) is 5.02 Å². The maximum Gasteiger partial charge on any atom is 0.319 e. The lowest BCUT2D eigenvalue weighted by molar-refractivity contribution is -0.0287. The Morgan fingerprint density at radius 1 is 1.45 bits per heavy atom. The number of carbonyl (C=O) groups is 1. The third kappa shape index (κ3) is 3.35. The van der Waals surface area contributed by atoms with E-state index >= 15 is 0 Å². The van der Waals surface area contributed by atoms with Gasteiger partial charge in [-0.25, -0.2) is 4.79 Å². The molecule has 2 amide bonds. The monoisotopic (exact) mass is 297 g/mol. The molecule has 0 unspecified atom stereocenters. The van der Waals surface area contributed by atoms with Gasteiger partial charge in [0.2, 0.25) is 0 Å². The molecule has 0 heterocycles. The summed E-state index contributed by atoms with van der Waals surface area (Å²) < 4.78 is 0. The van der Waals surface area contributed by atoms with E-state index in [1.165, 1.54) is 0 Å². The molecular formula is C14H20ClN3O2. The van der Waals surface area contributed by atoms with Crippen LogP contribution in [0.25, 0.3) is 0 Å². The SMILES string of the molecule is CN(C)c1c(Cl)cccc1NC(=O)NCC1(O)CCC1. The first kappa shape index (κ1) is 14.9. The molecule has 1 aromatic carbocycles. The van der Waals surface area contributed by atoms with Crippen LogP contribution in [0.1, 0.15) is 19.3 Å². The third-order valence-electron chi connectivity index (χ3n) is 3.54. The molecule has 20 heavy (non-hydrogen) atoms. The van der Waals surface area contributed by atoms with Crippen LogP contribution in [0.3, 0.4) is 0 Å². The van der Waals surface area contributed by atoms with Crippen LogP contribution in [0.15, 0.2) is 18.2 Å². The molecule has 5 nitrogen and oxygen atoms in total. The summed E-state index contributed by atoms with van der Waals surface area (Å²) in [7, 11) is 3.72. The van der Waals surface area contributed by atoms with Gasteiger partial charge >= 0.3 is 6.03 Å². The average molecular weight is 298 g/mol. The number of amides is 2. The van der Waals surface area contributed by atoms with Crippen molar-refractivity contribution < 1.29 is 9.90 Å². The summed E-state index contributed by atoms with van der Waals surface area (Å²) in [6.45, 7) is 0.275. The maximum absolute atomic E-state index is 11.9. The molecular weight excluding hydrogens is 278 g/mol. The molecule has 0 aliphatic heterocycles. The molecule has 0 spiro atoms. The zero-order valence-corrected chi connectivity index (χ0v) is 12.5. The molecule has 1 saturated carbocycles. The Hall–Kier alpha value is -1.46. The molecule has 0 bridgehead atoms. The minimum Gasteiger partial charge on any atom is -0.388 e. The third-order valence-corrected chi connectivity index (χ3v) is 3.85. The van der Waals surface area contributed by atoms with E-state index in [9.17, 15) is 9.90 Å². The quantitative estimate of drug-likeness (QED) is 0.800. The minimum absolute atomic E-state index is 0.275. The van der Waals surface area contributed by atoms with Crippen LogP contribution in [0.4, 0.5) is 16.2 Å². The molecule has 0 saturated heterocycles. The molecule has 110 valence electrons. The lowest BCUT2D eigenvalue weighted by Gasteiger charge is -2.36. The summed E-state index contributed by atoms with van der Waals surface area (Å²) in [4.78, 5) is 13.7. The fraction of sp³-hybridized carbons (Fsp3) is 0.500. The number of rotatable bonds is 4. The average Bonchev–Trinajstić information content (AvgIpc) is 2.33. The Labute approximate surface area is 123 Å². The van der Waals surface area contributed by atoms with E-state index in [0.717, 1.165) is 24.9 Å². The van der Waals surface area contributed by atoms with Gasteiger partial charge in [-0.15, -0.1) is 0 Å². The van der Waals surface area contributed by atoms with Gasteiger partial charge in [0.15, 0.2) is 0 Å². The van der Waals surface area contributed by atoms with Crippen LogP contribution in [-0.2, 0) is 0 Å². The van der Waals surface area contributed by atoms with Gasteiger partial charge in [-0.1, -0.05) is 17.7 Å². The topological polar surface area (TPSA) is 64.6 Å². The van der Waals surface area contributed by atoms with Crippen molar-refractivity contribution in [3.63, 3.8) is 0 Å². The molecule has 6 heteroatoms. The lowest BCUT2D eigenvalue weighted by Crippen LogP contribution is -2.48. The molecule has 1 aliphatic carbocycles. The number of hydrogen-bond acceptors (Lipinski definition) is 3. The van der Waals surface area contributed by atoms with Gasteiger partial charge < -0.3 is 20.6 Å². The summed E-state index contributed by atoms with van der Waals surface area (Å²) in [6.07, 6.45) is 2.50. The van der Waals surface area contributed by atoms with Gasteiger partial charge in [0, 0.05) is 20.6 Å².